The third-order valence-corrected chi connectivity index (χ3v) is 15.0. The molecule has 0 spiro atoms. The van der Waals surface area contributed by atoms with Gasteiger partial charge < -0.3 is 159 Å². The Morgan fingerprint density at radius 1 is 0.360 bits per heavy atom. The second kappa shape index (κ2) is 52.7. The molecule has 7 amide bonds. The largest absolute Gasteiger partial charge is 0.480 e. The molecule has 0 radical (unpaired) electrons. The van der Waals surface area contributed by atoms with Gasteiger partial charge in [0.2, 0.25) is 41.4 Å². The van der Waals surface area contributed by atoms with Crippen LogP contribution in [0, 0.1) is 0 Å². The summed E-state index contributed by atoms with van der Waals surface area (Å²) in [4.78, 5) is 98.8. The van der Waals surface area contributed by atoms with Gasteiger partial charge in [0.25, 0.3) is 0 Å². The van der Waals surface area contributed by atoms with Crippen molar-refractivity contribution in [1.82, 2.24) is 37.2 Å². The summed E-state index contributed by atoms with van der Waals surface area (Å²) in [6, 6.07) is -5.87. The number of rotatable bonds is 56. The first-order valence-electron chi connectivity index (χ1n) is 33.1. The summed E-state index contributed by atoms with van der Waals surface area (Å²) in [5.41, 5.74) is 0. The van der Waals surface area contributed by atoms with Crippen molar-refractivity contribution >= 4 is 47.3 Å². The highest BCUT2D eigenvalue weighted by Crippen LogP contribution is 2.25. The summed E-state index contributed by atoms with van der Waals surface area (Å²) in [5, 5.41) is 118. The molecule has 580 valence electrons. The fourth-order valence-electron chi connectivity index (χ4n) is 9.86. The summed E-state index contributed by atoms with van der Waals surface area (Å²) in [5.74, 6) is -5.18. The van der Waals surface area contributed by atoms with Gasteiger partial charge in [-0.15, -0.1) is 0 Å². The van der Waals surface area contributed by atoms with Crippen molar-refractivity contribution in [3.8, 4) is 0 Å². The molecule has 3 rings (SSSR count). The average Bonchev–Trinajstić information content (AvgIpc) is 0.825. The minimum atomic E-state index is -1.47. The van der Waals surface area contributed by atoms with E-state index in [9.17, 15) is 89.4 Å². The zero-order valence-corrected chi connectivity index (χ0v) is 56.8. The van der Waals surface area contributed by atoms with Crippen molar-refractivity contribution in [3.05, 3.63) is 0 Å². The molecule has 0 saturated carbocycles. The van der Waals surface area contributed by atoms with Crippen molar-refractivity contribution in [1.29, 1.82) is 0 Å². The molecule has 100 heavy (non-hydrogen) atoms. The zero-order chi connectivity index (χ0) is 73.6. The Labute approximate surface area is 578 Å². The number of nitrogens with one attached hydrogen (secondary N) is 7. The SMILES string of the molecule is CC(=O)N[C@H]1[C@H](OCCOCCOCCOCC(=O)NCCCCC(NC(=O)COCCOCCOCCO[C@@H]2O[C@H](CO)[C@H](O)[C@H](O)[C@H]2NC(C)=O)C(=O)N[C@@H](CCCCNC(=O)COCCOCCOCCOC2O[C@H](CO)[C@H](O)[C@H](O)[C@H]2NC(C)=O)C(=O)O)O[C@H](CO)[C@H](O)[C@@H]1O. The second-order valence-corrected chi connectivity index (χ2v) is 23.0. The number of carbonyl (C=O) groups excluding carboxylic acids is 7. The molecule has 17 atom stereocenters. The van der Waals surface area contributed by atoms with E-state index < -0.39 is 178 Å². The van der Waals surface area contributed by atoms with Crippen molar-refractivity contribution in [2.75, 3.05) is 172 Å². The van der Waals surface area contributed by atoms with E-state index in [1.165, 1.54) is 20.8 Å². The van der Waals surface area contributed by atoms with Crippen LogP contribution < -0.4 is 37.2 Å². The zero-order valence-electron chi connectivity index (χ0n) is 56.8. The van der Waals surface area contributed by atoms with E-state index >= 15 is 0 Å². The minimum Gasteiger partial charge on any atom is -0.480 e. The molecule has 0 aromatic carbocycles. The monoisotopic (exact) mass is 1450 g/mol. The Bertz CT molecular complexity index is 2310. The summed E-state index contributed by atoms with van der Waals surface area (Å²) >= 11 is 0. The van der Waals surface area contributed by atoms with Crippen LogP contribution in [0.25, 0.3) is 0 Å². The van der Waals surface area contributed by atoms with Crippen LogP contribution in [0.3, 0.4) is 0 Å². The van der Waals surface area contributed by atoms with Gasteiger partial charge in [-0.05, 0) is 38.5 Å². The van der Waals surface area contributed by atoms with Crippen LogP contribution in [0.2, 0.25) is 0 Å². The highest BCUT2D eigenvalue weighted by atomic mass is 16.7. The number of aliphatic carboxylic acids is 1. The highest BCUT2D eigenvalue weighted by Gasteiger charge is 2.48. The van der Waals surface area contributed by atoms with Gasteiger partial charge in [-0.25, -0.2) is 4.79 Å². The maximum atomic E-state index is 13.6. The summed E-state index contributed by atoms with van der Waals surface area (Å²) in [6.07, 6.45) is -14.4. The van der Waals surface area contributed by atoms with Crippen molar-refractivity contribution in [2.24, 2.45) is 0 Å². The molecule has 2 unspecified atom stereocenters. The maximum Gasteiger partial charge on any atom is 0.326 e. The van der Waals surface area contributed by atoms with Crippen LogP contribution in [0.5, 0.6) is 0 Å². The van der Waals surface area contributed by atoms with E-state index in [-0.39, 0.29) is 171 Å². The molecule has 3 fully saturated rings. The molecular formula is C60H107N7O33. The van der Waals surface area contributed by atoms with Gasteiger partial charge in [0.15, 0.2) is 18.9 Å². The highest BCUT2D eigenvalue weighted by molar-refractivity contribution is 5.90. The lowest BCUT2D eigenvalue weighted by atomic mass is 9.97. The Morgan fingerprint density at radius 3 is 0.930 bits per heavy atom. The van der Waals surface area contributed by atoms with Gasteiger partial charge in [-0.1, -0.05) is 0 Å². The van der Waals surface area contributed by atoms with E-state index in [1.807, 2.05) is 0 Å². The van der Waals surface area contributed by atoms with Crippen LogP contribution in [0.15, 0.2) is 0 Å². The Kier molecular flexibility index (Phi) is 46.9. The number of hydrogen-bond acceptors (Lipinski definition) is 32. The fraction of sp³-hybridized carbons (Fsp3) is 0.867. The number of unbranched alkanes of at least 4 members (excludes halogenated alkanes) is 2. The first-order chi connectivity index (χ1) is 48.0. The summed E-state index contributed by atoms with van der Waals surface area (Å²) in [7, 11) is 0. The molecule has 40 nitrogen and oxygen atoms in total. The molecule has 3 aliphatic rings. The van der Waals surface area contributed by atoms with Crippen LogP contribution in [-0.2, 0) is 109 Å². The van der Waals surface area contributed by atoms with E-state index in [2.05, 4.69) is 37.2 Å². The van der Waals surface area contributed by atoms with Crippen LogP contribution >= 0.6 is 0 Å². The maximum absolute atomic E-state index is 13.6. The van der Waals surface area contributed by atoms with E-state index in [0.29, 0.717) is 12.8 Å². The van der Waals surface area contributed by atoms with E-state index in [1.54, 1.807) is 0 Å². The number of hydrogen-bond donors (Lipinski definition) is 17. The van der Waals surface area contributed by atoms with E-state index in [0.717, 1.165) is 0 Å². The Hall–Kier alpha value is -5.20. The molecule has 0 aliphatic carbocycles. The van der Waals surface area contributed by atoms with Gasteiger partial charge in [0.05, 0.1) is 139 Å². The molecule has 3 saturated heterocycles. The number of amides is 7. The molecule has 3 heterocycles. The topological polar surface area (TPSA) is 562 Å². The third-order valence-electron chi connectivity index (χ3n) is 15.0. The van der Waals surface area contributed by atoms with Crippen molar-refractivity contribution in [2.45, 2.75) is 163 Å². The van der Waals surface area contributed by atoms with Gasteiger partial charge in [-0.3, -0.25) is 33.6 Å². The minimum absolute atomic E-state index is 0.0161. The molecule has 3 aliphatic heterocycles. The van der Waals surface area contributed by atoms with Crippen LogP contribution in [-0.4, -0.2) is 374 Å². The number of aliphatic hydroxyl groups is 9. The predicted molar refractivity (Wildman–Crippen MR) is 337 cm³/mol. The van der Waals surface area contributed by atoms with Gasteiger partial charge in [0.1, 0.15) is 105 Å². The van der Waals surface area contributed by atoms with Crippen molar-refractivity contribution < 1.29 is 160 Å². The first kappa shape index (κ1) is 89.0. The number of carbonyl (C=O) groups is 8. The Morgan fingerprint density at radius 2 is 0.640 bits per heavy atom. The first-order valence-corrected chi connectivity index (χ1v) is 33.1. The Balaban J connectivity index is 1.34. The lowest BCUT2D eigenvalue weighted by Crippen LogP contribution is -2.64. The number of aliphatic hydroxyl groups excluding tert-OH is 9. The molecule has 0 aromatic rings. The molecular weight excluding hydrogens is 1350 g/mol. The quantitative estimate of drug-likeness (QED) is 0.0252. The lowest BCUT2D eigenvalue weighted by Gasteiger charge is -2.42. The fourth-order valence-corrected chi connectivity index (χ4v) is 9.86. The average molecular weight is 1450 g/mol. The normalized spacial score (nSPS) is 25.8. The van der Waals surface area contributed by atoms with Gasteiger partial charge in [-0.2, -0.15) is 0 Å². The number of carboxylic acid groups (broad SMARTS) is 1. The van der Waals surface area contributed by atoms with Crippen molar-refractivity contribution in [3.63, 3.8) is 0 Å². The van der Waals surface area contributed by atoms with Crippen LogP contribution in [0.1, 0.15) is 59.3 Å². The molecule has 0 bridgehead atoms. The predicted octanol–water partition coefficient (Wildman–Crippen LogP) is -9.36. The molecule has 17 N–H and O–H groups in total. The van der Waals surface area contributed by atoms with Gasteiger partial charge in [0, 0.05) is 33.9 Å². The van der Waals surface area contributed by atoms with Gasteiger partial charge >= 0.3 is 5.97 Å². The summed E-state index contributed by atoms with van der Waals surface area (Å²) < 4.78 is 82.2. The smallest absolute Gasteiger partial charge is 0.326 e. The second-order valence-electron chi connectivity index (χ2n) is 23.0. The van der Waals surface area contributed by atoms with Crippen LogP contribution in [0.4, 0.5) is 0 Å². The van der Waals surface area contributed by atoms with E-state index in [4.69, 9.17) is 71.1 Å². The standard InChI is InChI=1S/C60H107N7O33/c1-36(71)63-47-53(80)50(77)41(30-68)98-58(47)95-27-24-89-15-12-86-18-21-92-33-44(74)61-10-6-4-8-39(66-46(76)35-94-23-20-88-14-17-91-26-29-97-60-49(65-38(3)73)55(82)52(79)43(32-70)100-60)56(83)67-40(57(84)85)9-5-7-11-62-45(75)34-93-22-19-87-13-16-90-25-28-96-59-48(64-37(2)72)54(81)51(78)42(31-69)99-59/h39-43,47-55,58-60,68-70,77-82H,4-35H2,1-3H3,(H,61,74)(H,62,75)(H,63,71)(H,64,72)(H,65,73)(H,66,76)(H,67,83)(H,84,85)/t39?,40-,41+,42+,43+,47+,48+,49+,50-,51-,52-,53+,54+,55+,58+,59?,60+/m0/s1. The lowest BCUT2D eigenvalue weighted by molar-refractivity contribution is -0.272. The third kappa shape index (κ3) is 36.3. The summed E-state index contributed by atoms with van der Waals surface area (Å²) in [6.45, 7) is 2.54. The number of ether oxygens (including phenoxy) is 15. The number of carboxylic acids is 1. The molecule has 0 aromatic heterocycles. The molecule has 40 heteroatoms.